The quantitative estimate of drug-likeness (QED) is 0.545. The first-order valence-electron chi connectivity index (χ1n) is 10.7. The van der Waals surface area contributed by atoms with E-state index in [1.54, 1.807) is 12.1 Å². The summed E-state index contributed by atoms with van der Waals surface area (Å²) in [4.78, 5) is 24.3. The Hall–Kier alpha value is -3.10. The average molecular weight is 466 g/mol. The number of ether oxygens (including phenoxy) is 1. The molecule has 1 aliphatic heterocycles. The number of rotatable bonds is 9. The summed E-state index contributed by atoms with van der Waals surface area (Å²) in [5, 5.41) is 5.75. The topological polar surface area (TPSA) is 67.4 Å². The summed E-state index contributed by atoms with van der Waals surface area (Å²) in [6.45, 7) is 0.290. The van der Waals surface area contributed by atoms with Gasteiger partial charge in [-0.15, -0.1) is 0 Å². The summed E-state index contributed by atoms with van der Waals surface area (Å²) in [6, 6.07) is 9.37. The van der Waals surface area contributed by atoms with E-state index in [-0.39, 0.29) is 24.0 Å². The molecule has 0 unspecified atom stereocenters. The first kappa shape index (κ1) is 24.5. The summed E-state index contributed by atoms with van der Waals surface area (Å²) in [7, 11) is 1.38. The highest BCUT2D eigenvalue weighted by molar-refractivity contribution is 5.80. The molecule has 1 saturated heterocycles. The molecule has 2 amide bonds. The molecule has 178 valence electrons. The van der Waals surface area contributed by atoms with Crippen molar-refractivity contribution < 1.29 is 31.9 Å². The Morgan fingerprint density at radius 1 is 1.15 bits per heavy atom. The molecule has 0 bridgehead atoms. The highest BCUT2D eigenvalue weighted by atomic mass is 19.4. The first-order valence-corrected chi connectivity index (χ1v) is 10.7. The predicted molar refractivity (Wildman–Crippen MR) is 114 cm³/mol. The van der Waals surface area contributed by atoms with Crippen molar-refractivity contribution in [2.45, 2.75) is 50.2 Å². The molecule has 2 aromatic carbocycles. The molecule has 1 heterocycles. The molecule has 5 nitrogen and oxygen atoms in total. The van der Waals surface area contributed by atoms with Crippen LogP contribution in [0.25, 0.3) is 0 Å². The Morgan fingerprint density at radius 3 is 2.45 bits per heavy atom. The van der Waals surface area contributed by atoms with E-state index >= 15 is 0 Å². The van der Waals surface area contributed by atoms with Crippen molar-refractivity contribution in [2.24, 2.45) is 0 Å². The Balaban J connectivity index is 1.52. The predicted octanol–water partition coefficient (Wildman–Crippen LogP) is 4.18. The molecule has 1 aliphatic rings. The zero-order valence-corrected chi connectivity index (χ0v) is 18.2. The minimum atomic E-state index is -4.38. The van der Waals surface area contributed by atoms with Gasteiger partial charge in [0.2, 0.25) is 11.8 Å². The zero-order valence-electron chi connectivity index (χ0n) is 18.2. The van der Waals surface area contributed by atoms with Crippen molar-refractivity contribution in [2.75, 3.05) is 13.7 Å². The van der Waals surface area contributed by atoms with Crippen LogP contribution in [0.15, 0.2) is 42.5 Å². The molecule has 0 saturated carbocycles. The Bertz CT molecular complexity index is 992. The maximum absolute atomic E-state index is 13.7. The number of carbonyl (C=O) groups is 2. The lowest BCUT2D eigenvalue weighted by Crippen LogP contribution is -2.44. The van der Waals surface area contributed by atoms with Crippen molar-refractivity contribution in [3.8, 4) is 5.75 Å². The van der Waals surface area contributed by atoms with Crippen LogP contribution in [0, 0.1) is 5.82 Å². The van der Waals surface area contributed by atoms with E-state index in [0.717, 1.165) is 17.7 Å². The second-order valence-electron chi connectivity index (χ2n) is 8.27. The van der Waals surface area contributed by atoms with Gasteiger partial charge >= 0.3 is 6.18 Å². The molecule has 9 heteroatoms. The number of hydrogen-bond donors (Lipinski definition) is 2. The fraction of sp³-hybridized carbons (Fsp3) is 0.417. The van der Waals surface area contributed by atoms with Crippen molar-refractivity contribution in [1.29, 1.82) is 0 Å². The zero-order chi connectivity index (χ0) is 24.1. The van der Waals surface area contributed by atoms with E-state index in [2.05, 4.69) is 10.6 Å². The fourth-order valence-electron chi connectivity index (χ4n) is 4.03. The van der Waals surface area contributed by atoms with Gasteiger partial charge in [0.15, 0.2) is 11.6 Å². The van der Waals surface area contributed by atoms with Crippen LogP contribution >= 0.6 is 0 Å². The van der Waals surface area contributed by atoms with Crippen LogP contribution in [0.2, 0.25) is 0 Å². The second-order valence-corrected chi connectivity index (χ2v) is 8.27. The highest BCUT2D eigenvalue weighted by Crippen LogP contribution is 2.31. The lowest BCUT2D eigenvalue weighted by Gasteiger charge is -2.29. The Kier molecular flexibility index (Phi) is 7.61. The molecule has 1 fully saturated rings. The number of benzene rings is 2. The number of alkyl halides is 3. The van der Waals surface area contributed by atoms with Crippen molar-refractivity contribution >= 4 is 11.8 Å². The molecule has 0 aliphatic carbocycles. The van der Waals surface area contributed by atoms with Crippen LogP contribution in [-0.2, 0) is 28.6 Å². The van der Waals surface area contributed by atoms with Crippen molar-refractivity contribution in [3.63, 3.8) is 0 Å². The smallest absolute Gasteiger partial charge is 0.416 e. The van der Waals surface area contributed by atoms with E-state index in [9.17, 15) is 27.2 Å². The van der Waals surface area contributed by atoms with Crippen LogP contribution in [-0.4, -0.2) is 31.0 Å². The van der Waals surface area contributed by atoms with Crippen LogP contribution in [0.3, 0.4) is 0 Å². The third-order valence-electron chi connectivity index (χ3n) is 5.84. The van der Waals surface area contributed by atoms with Gasteiger partial charge in [-0.05, 0) is 61.1 Å². The van der Waals surface area contributed by atoms with Crippen LogP contribution in [0.4, 0.5) is 17.6 Å². The van der Waals surface area contributed by atoms with Gasteiger partial charge in [0.25, 0.3) is 0 Å². The van der Waals surface area contributed by atoms with Gasteiger partial charge in [0.05, 0.1) is 12.7 Å². The van der Waals surface area contributed by atoms with Crippen molar-refractivity contribution in [3.05, 3.63) is 65.0 Å². The van der Waals surface area contributed by atoms with Gasteiger partial charge in [-0.1, -0.05) is 18.2 Å². The van der Waals surface area contributed by atoms with E-state index in [4.69, 9.17) is 4.74 Å². The van der Waals surface area contributed by atoms with Crippen LogP contribution in [0.5, 0.6) is 5.75 Å². The number of nitrogens with one attached hydrogen (secondary N) is 2. The fourth-order valence-corrected chi connectivity index (χ4v) is 4.03. The Labute approximate surface area is 189 Å². The van der Waals surface area contributed by atoms with E-state index in [1.165, 1.54) is 25.3 Å². The lowest BCUT2D eigenvalue weighted by atomic mass is 9.85. The third kappa shape index (κ3) is 6.69. The molecule has 33 heavy (non-hydrogen) atoms. The number of carbonyl (C=O) groups excluding carboxylic acids is 2. The summed E-state index contributed by atoms with van der Waals surface area (Å²) < 4.78 is 56.6. The van der Waals surface area contributed by atoms with Crippen LogP contribution in [0.1, 0.15) is 42.4 Å². The van der Waals surface area contributed by atoms with Gasteiger partial charge in [0.1, 0.15) is 0 Å². The monoisotopic (exact) mass is 466 g/mol. The molecule has 3 rings (SSSR count). The molecule has 2 N–H and O–H groups in total. The maximum atomic E-state index is 13.7. The first-order chi connectivity index (χ1) is 15.6. The minimum Gasteiger partial charge on any atom is -0.494 e. The number of hydrogen-bond acceptors (Lipinski definition) is 3. The molecular weight excluding hydrogens is 440 g/mol. The normalized spacial score (nSPS) is 18.2. The molecule has 2 aromatic rings. The minimum absolute atomic E-state index is 0.0909. The number of halogens is 4. The summed E-state index contributed by atoms with van der Waals surface area (Å²) >= 11 is 0. The van der Waals surface area contributed by atoms with Crippen LogP contribution < -0.4 is 15.4 Å². The molecular formula is C24H26F4N2O3. The largest absolute Gasteiger partial charge is 0.494 e. The average Bonchev–Trinajstić information content (AvgIpc) is 3.14. The summed E-state index contributed by atoms with van der Waals surface area (Å²) in [5.74, 6) is -0.655. The maximum Gasteiger partial charge on any atom is 0.416 e. The van der Waals surface area contributed by atoms with Gasteiger partial charge in [-0.25, -0.2) is 4.39 Å². The standard InChI is InChI=1S/C24H26F4N2O3/c1-33-20-14-17(4-7-19(20)25)15-23(12-9-22(32)30-23)11-8-21(31)29-13-10-16-2-5-18(6-3-16)24(26,27)28/h2-7,14H,8-13,15H2,1H3,(H,29,31)(H,30,32)/t23-/m0/s1. The highest BCUT2D eigenvalue weighted by Gasteiger charge is 2.38. The molecule has 0 spiro atoms. The van der Waals surface area contributed by atoms with E-state index < -0.39 is 23.1 Å². The molecule has 0 radical (unpaired) electrons. The summed E-state index contributed by atoms with van der Waals surface area (Å²) in [6.07, 6.45) is -2.04. The van der Waals surface area contributed by atoms with Crippen molar-refractivity contribution in [1.82, 2.24) is 10.6 Å². The third-order valence-corrected chi connectivity index (χ3v) is 5.84. The second kappa shape index (κ2) is 10.2. The SMILES string of the molecule is COc1cc(C[C@]2(CCC(=O)NCCc3ccc(C(F)(F)F)cc3)CCC(=O)N2)ccc1F. The number of amides is 2. The van der Waals surface area contributed by atoms with E-state index in [1.807, 2.05) is 0 Å². The lowest BCUT2D eigenvalue weighted by molar-refractivity contribution is -0.137. The van der Waals surface area contributed by atoms with Gasteiger partial charge in [-0.2, -0.15) is 13.2 Å². The Morgan fingerprint density at radius 2 is 1.85 bits per heavy atom. The van der Waals surface area contributed by atoms with Gasteiger partial charge < -0.3 is 15.4 Å². The summed E-state index contributed by atoms with van der Waals surface area (Å²) in [5.41, 5.74) is 0.161. The van der Waals surface area contributed by atoms with Gasteiger partial charge in [-0.3, -0.25) is 9.59 Å². The van der Waals surface area contributed by atoms with Gasteiger partial charge in [0, 0.05) is 24.9 Å². The molecule has 0 aromatic heterocycles. The number of methoxy groups -OCH3 is 1. The van der Waals surface area contributed by atoms with E-state index in [0.29, 0.717) is 44.2 Å². The molecule has 1 atom stereocenters.